The first-order chi connectivity index (χ1) is 20.5. The highest BCUT2D eigenvalue weighted by molar-refractivity contribution is 6.30. The number of hydrogen-bond acceptors (Lipinski definition) is 6. The fraction of sp³-hybridized carbons (Fsp3) is 0.382. The predicted molar refractivity (Wildman–Crippen MR) is 171 cm³/mol. The van der Waals surface area contributed by atoms with Crippen molar-refractivity contribution in [3.05, 3.63) is 82.4 Å². The molecule has 0 bridgehead atoms. The Bertz CT molecular complexity index is 1460. The van der Waals surface area contributed by atoms with Gasteiger partial charge in [0.25, 0.3) is 0 Å². The van der Waals surface area contributed by atoms with E-state index in [1.807, 2.05) is 51.1 Å². The Hall–Kier alpha value is -3.88. The number of aromatic carboxylic acids is 1. The number of methoxy groups -OCH3 is 1. The van der Waals surface area contributed by atoms with Crippen LogP contribution < -0.4 is 10.2 Å². The van der Waals surface area contributed by atoms with Crippen molar-refractivity contribution in [1.29, 1.82) is 0 Å². The van der Waals surface area contributed by atoms with Crippen LogP contribution in [0.2, 0.25) is 5.02 Å². The number of benzene rings is 3. The van der Waals surface area contributed by atoms with Crippen molar-refractivity contribution in [3.63, 3.8) is 0 Å². The minimum absolute atomic E-state index is 0.121. The van der Waals surface area contributed by atoms with Crippen LogP contribution in [0.3, 0.4) is 0 Å². The second kappa shape index (κ2) is 14.1. The van der Waals surface area contributed by atoms with Crippen LogP contribution in [0.15, 0.2) is 60.7 Å². The van der Waals surface area contributed by atoms with Gasteiger partial charge in [-0.05, 0) is 58.4 Å². The van der Waals surface area contributed by atoms with E-state index in [-0.39, 0.29) is 30.3 Å². The number of esters is 1. The van der Waals surface area contributed by atoms with Crippen LogP contribution in [0.5, 0.6) is 0 Å². The van der Waals surface area contributed by atoms with Gasteiger partial charge in [-0.25, -0.2) is 4.79 Å². The van der Waals surface area contributed by atoms with Crippen LogP contribution in [0.4, 0.5) is 11.4 Å². The summed E-state index contributed by atoms with van der Waals surface area (Å²) in [6.45, 7) is 9.65. The van der Waals surface area contributed by atoms with Crippen LogP contribution >= 0.6 is 11.6 Å². The summed E-state index contributed by atoms with van der Waals surface area (Å²) in [5, 5.41) is 13.8. The molecule has 0 spiro atoms. The first-order valence-electron chi connectivity index (χ1n) is 14.6. The first-order valence-corrected chi connectivity index (χ1v) is 14.9. The van der Waals surface area contributed by atoms with Gasteiger partial charge in [-0.3, -0.25) is 14.5 Å². The van der Waals surface area contributed by atoms with Crippen molar-refractivity contribution < 1.29 is 24.2 Å². The van der Waals surface area contributed by atoms with Gasteiger partial charge in [-0.1, -0.05) is 68.8 Å². The summed E-state index contributed by atoms with van der Waals surface area (Å²) in [5.74, 6) is -1.68. The molecule has 1 fully saturated rings. The number of carbonyl (C=O) groups excluding carboxylic acids is 2. The minimum atomic E-state index is -1.04. The number of hydrogen-bond donors (Lipinski definition) is 2. The predicted octanol–water partition coefficient (Wildman–Crippen LogP) is 6.61. The van der Waals surface area contributed by atoms with Crippen LogP contribution in [-0.2, 0) is 26.3 Å². The molecule has 3 aromatic rings. The van der Waals surface area contributed by atoms with Crippen molar-refractivity contribution in [2.45, 2.75) is 52.0 Å². The number of piperazine rings is 1. The second-order valence-electron chi connectivity index (χ2n) is 11.8. The van der Waals surface area contributed by atoms with E-state index in [9.17, 15) is 19.5 Å². The van der Waals surface area contributed by atoms with Gasteiger partial charge in [0, 0.05) is 50.6 Å². The molecule has 1 amide bonds. The van der Waals surface area contributed by atoms with Gasteiger partial charge in [0.15, 0.2) is 0 Å². The summed E-state index contributed by atoms with van der Waals surface area (Å²) in [6.07, 6.45) is 0.602. The Morgan fingerprint density at radius 3 is 2.23 bits per heavy atom. The Balaban J connectivity index is 1.55. The van der Waals surface area contributed by atoms with E-state index in [1.165, 1.54) is 18.2 Å². The van der Waals surface area contributed by atoms with Gasteiger partial charge < -0.3 is 20.1 Å². The largest absolute Gasteiger partial charge is 0.478 e. The Labute approximate surface area is 258 Å². The number of rotatable bonds is 10. The van der Waals surface area contributed by atoms with Gasteiger partial charge in [-0.2, -0.15) is 0 Å². The number of halogens is 1. The molecule has 1 heterocycles. The lowest BCUT2D eigenvalue weighted by Gasteiger charge is -2.38. The number of carboxylic acid groups (broad SMARTS) is 1. The Morgan fingerprint density at radius 1 is 0.930 bits per heavy atom. The highest BCUT2D eigenvalue weighted by atomic mass is 35.5. The number of carbonyl (C=O) groups is 3. The molecule has 228 valence electrons. The summed E-state index contributed by atoms with van der Waals surface area (Å²) < 4.78 is 4.68. The molecule has 43 heavy (non-hydrogen) atoms. The number of nitrogens with zero attached hydrogens (tertiary/aromatic N) is 2. The molecule has 3 aromatic carbocycles. The third-order valence-corrected chi connectivity index (χ3v) is 7.97. The summed E-state index contributed by atoms with van der Waals surface area (Å²) in [6, 6.07) is 19.7. The fourth-order valence-corrected chi connectivity index (χ4v) is 5.72. The molecule has 0 saturated carbocycles. The molecule has 0 aromatic heterocycles. The molecule has 2 N–H and O–H groups in total. The molecule has 0 unspecified atom stereocenters. The average Bonchev–Trinajstić information content (AvgIpc) is 2.97. The van der Waals surface area contributed by atoms with Gasteiger partial charge in [0.05, 0.1) is 24.0 Å². The summed E-state index contributed by atoms with van der Waals surface area (Å²) in [7, 11) is 1.32. The topological polar surface area (TPSA) is 99.2 Å². The second-order valence-corrected chi connectivity index (χ2v) is 12.3. The lowest BCUT2D eigenvalue weighted by Crippen LogP contribution is -2.46. The van der Waals surface area contributed by atoms with Crippen LogP contribution in [0, 0.1) is 0 Å². The molecule has 0 radical (unpaired) electrons. The molecular weight excluding hydrogens is 566 g/mol. The van der Waals surface area contributed by atoms with Gasteiger partial charge in [0.2, 0.25) is 5.91 Å². The zero-order valence-corrected chi connectivity index (χ0v) is 26.0. The van der Waals surface area contributed by atoms with E-state index in [0.29, 0.717) is 35.8 Å². The highest BCUT2D eigenvalue weighted by Crippen LogP contribution is 2.40. The lowest BCUT2D eigenvalue weighted by molar-refractivity contribution is -0.140. The number of carboxylic acids is 1. The van der Waals surface area contributed by atoms with E-state index < -0.39 is 11.4 Å². The molecule has 0 aliphatic carbocycles. The standard InChI is InChI=1S/C34H40ClN3O5/c1-34(2,3)31-27(33(41)42)16-17-28(32(31)36-29(39)10-7-11-30(40)43-4)38-20-18-37(19-21-38)22-24-8-5-6-9-26(24)23-12-14-25(35)15-13-23/h5-6,8-9,12-17H,7,10-11,18-22H2,1-4H3,(H,36,39)(H,41,42). The van der Waals surface area contributed by atoms with E-state index in [1.54, 1.807) is 12.1 Å². The van der Waals surface area contributed by atoms with E-state index in [0.717, 1.165) is 30.9 Å². The van der Waals surface area contributed by atoms with Crippen molar-refractivity contribution in [1.82, 2.24) is 4.90 Å². The fourth-order valence-electron chi connectivity index (χ4n) is 5.59. The van der Waals surface area contributed by atoms with Crippen molar-refractivity contribution in [2.24, 2.45) is 0 Å². The van der Waals surface area contributed by atoms with Gasteiger partial charge in [0.1, 0.15) is 0 Å². The molecule has 4 rings (SSSR count). The van der Waals surface area contributed by atoms with Crippen molar-refractivity contribution in [2.75, 3.05) is 43.5 Å². The smallest absolute Gasteiger partial charge is 0.336 e. The third kappa shape index (κ3) is 8.15. The maximum absolute atomic E-state index is 13.1. The van der Waals surface area contributed by atoms with E-state index >= 15 is 0 Å². The molecule has 1 aliphatic rings. The molecule has 1 aliphatic heterocycles. The summed E-state index contributed by atoms with van der Waals surface area (Å²) in [4.78, 5) is 41.5. The number of amides is 1. The monoisotopic (exact) mass is 605 g/mol. The van der Waals surface area contributed by atoms with E-state index in [4.69, 9.17) is 11.6 Å². The maximum atomic E-state index is 13.1. The number of anilines is 2. The van der Waals surface area contributed by atoms with Crippen LogP contribution in [0.1, 0.15) is 61.5 Å². The molecular formula is C34H40ClN3O5. The Morgan fingerprint density at radius 2 is 1.60 bits per heavy atom. The molecule has 1 saturated heterocycles. The molecule has 0 atom stereocenters. The lowest BCUT2D eigenvalue weighted by atomic mass is 9.81. The number of nitrogens with one attached hydrogen (secondary N) is 1. The quantitative estimate of drug-likeness (QED) is 0.251. The van der Waals surface area contributed by atoms with Crippen molar-refractivity contribution in [3.8, 4) is 11.1 Å². The van der Waals surface area contributed by atoms with Crippen molar-refractivity contribution >= 4 is 40.8 Å². The van der Waals surface area contributed by atoms with Crippen LogP contribution in [0.25, 0.3) is 11.1 Å². The zero-order valence-electron chi connectivity index (χ0n) is 25.3. The maximum Gasteiger partial charge on any atom is 0.336 e. The van der Waals surface area contributed by atoms with E-state index in [2.05, 4.69) is 38.1 Å². The van der Waals surface area contributed by atoms with Crippen LogP contribution in [-0.4, -0.2) is 61.1 Å². The molecule has 9 heteroatoms. The molecule has 8 nitrogen and oxygen atoms in total. The number of ether oxygens (including phenoxy) is 1. The van der Waals surface area contributed by atoms with Gasteiger partial charge in [-0.15, -0.1) is 0 Å². The zero-order chi connectivity index (χ0) is 31.1. The normalized spacial score (nSPS) is 13.9. The third-order valence-electron chi connectivity index (χ3n) is 7.72. The summed E-state index contributed by atoms with van der Waals surface area (Å²) in [5.41, 5.74) is 5.06. The first kappa shape index (κ1) is 32.0. The minimum Gasteiger partial charge on any atom is -0.478 e. The highest BCUT2D eigenvalue weighted by Gasteiger charge is 2.30. The SMILES string of the molecule is COC(=O)CCCC(=O)Nc1c(N2CCN(Cc3ccccc3-c3ccc(Cl)cc3)CC2)ccc(C(=O)O)c1C(C)(C)C. The average molecular weight is 606 g/mol. The summed E-state index contributed by atoms with van der Waals surface area (Å²) >= 11 is 6.11. The van der Waals surface area contributed by atoms with Gasteiger partial charge >= 0.3 is 11.9 Å². The Kier molecular flexibility index (Phi) is 10.5.